The van der Waals surface area contributed by atoms with Gasteiger partial charge in [0.2, 0.25) is 0 Å². The second-order valence-electron chi connectivity index (χ2n) is 7.24. The van der Waals surface area contributed by atoms with Crippen molar-refractivity contribution in [1.82, 2.24) is 29.8 Å². The van der Waals surface area contributed by atoms with Crippen LogP contribution < -0.4 is 0 Å². The molecular formula is C20H26N6. The minimum Gasteiger partial charge on any atom is -0.253 e. The van der Waals surface area contributed by atoms with Gasteiger partial charge in [0.15, 0.2) is 5.82 Å². The number of aromatic nitrogens is 6. The lowest BCUT2D eigenvalue weighted by Gasteiger charge is -2.18. The molecule has 4 rings (SSSR count). The maximum absolute atomic E-state index is 4.96. The predicted octanol–water partition coefficient (Wildman–Crippen LogP) is 3.85. The monoisotopic (exact) mass is 350 g/mol. The first-order valence-corrected chi connectivity index (χ1v) is 9.66. The first-order chi connectivity index (χ1) is 12.8. The molecule has 2 heterocycles. The summed E-state index contributed by atoms with van der Waals surface area (Å²) >= 11 is 0. The fraction of sp³-hybridized carbons (Fsp3) is 0.500. The van der Waals surface area contributed by atoms with E-state index in [0.717, 1.165) is 36.7 Å². The van der Waals surface area contributed by atoms with Crippen molar-refractivity contribution < 1.29 is 0 Å². The molecular weight excluding hydrogens is 324 g/mol. The van der Waals surface area contributed by atoms with Crippen LogP contribution in [0.4, 0.5) is 0 Å². The number of aryl methyl sites for hydroxylation is 3. The van der Waals surface area contributed by atoms with Gasteiger partial charge in [-0.3, -0.25) is 4.68 Å². The molecule has 6 heteroatoms. The second-order valence-corrected chi connectivity index (χ2v) is 7.24. The van der Waals surface area contributed by atoms with Crippen molar-refractivity contribution in [3.63, 3.8) is 0 Å². The molecule has 1 aromatic carbocycles. The standard InChI is InChI=1S/C20H26N6/c1-16-9-11-18(12-10-16)26-19(8-5-14-25-15-13-21-24-25)22-20(23-26)17-6-3-2-4-7-17/h9-13,15,17H,2-8,14H2,1H3. The molecule has 0 amide bonds. The molecule has 2 aromatic heterocycles. The third-order valence-corrected chi connectivity index (χ3v) is 5.20. The largest absolute Gasteiger partial charge is 0.253 e. The summed E-state index contributed by atoms with van der Waals surface area (Å²) < 4.78 is 3.92. The van der Waals surface area contributed by atoms with E-state index >= 15 is 0 Å². The van der Waals surface area contributed by atoms with E-state index in [1.54, 1.807) is 6.20 Å². The Bertz CT molecular complexity index is 813. The number of hydrogen-bond acceptors (Lipinski definition) is 4. The van der Waals surface area contributed by atoms with Crippen molar-refractivity contribution in [3.8, 4) is 5.69 Å². The van der Waals surface area contributed by atoms with E-state index in [9.17, 15) is 0 Å². The van der Waals surface area contributed by atoms with Crippen molar-refractivity contribution in [2.75, 3.05) is 0 Å². The first kappa shape index (κ1) is 16.9. The van der Waals surface area contributed by atoms with Crippen LogP contribution in [0, 0.1) is 6.92 Å². The lowest BCUT2D eigenvalue weighted by atomic mass is 9.89. The van der Waals surface area contributed by atoms with Gasteiger partial charge in [0, 0.05) is 25.1 Å². The lowest BCUT2D eigenvalue weighted by molar-refractivity contribution is 0.428. The zero-order valence-electron chi connectivity index (χ0n) is 15.4. The van der Waals surface area contributed by atoms with E-state index in [1.165, 1.54) is 37.7 Å². The Morgan fingerprint density at radius 2 is 1.88 bits per heavy atom. The highest BCUT2D eigenvalue weighted by Crippen LogP contribution is 2.31. The summed E-state index contributed by atoms with van der Waals surface area (Å²) in [6.45, 7) is 2.96. The molecule has 1 aliphatic carbocycles. The molecule has 0 radical (unpaired) electrons. The normalized spacial score (nSPS) is 15.4. The molecule has 136 valence electrons. The number of benzene rings is 1. The smallest absolute Gasteiger partial charge is 0.154 e. The molecule has 0 saturated heterocycles. The predicted molar refractivity (Wildman–Crippen MR) is 100 cm³/mol. The summed E-state index contributed by atoms with van der Waals surface area (Å²) in [7, 11) is 0. The van der Waals surface area contributed by atoms with Gasteiger partial charge in [0.1, 0.15) is 5.82 Å². The Kier molecular flexibility index (Phi) is 5.09. The molecule has 0 spiro atoms. The van der Waals surface area contributed by atoms with Crippen LogP contribution in [-0.4, -0.2) is 29.8 Å². The molecule has 0 N–H and O–H groups in total. The Labute approximate surface area is 154 Å². The van der Waals surface area contributed by atoms with Crippen LogP contribution in [0.25, 0.3) is 5.69 Å². The van der Waals surface area contributed by atoms with Crippen LogP contribution in [0.3, 0.4) is 0 Å². The van der Waals surface area contributed by atoms with Gasteiger partial charge < -0.3 is 0 Å². The van der Waals surface area contributed by atoms with Gasteiger partial charge in [-0.25, -0.2) is 9.67 Å². The van der Waals surface area contributed by atoms with Gasteiger partial charge in [0.25, 0.3) is 0 Å². The molecule has 1 aliphatic rings. The van der Waals surface area contributed by atoms with E-state index in [-0.39, 0.29) is 0 Å². The van der Waals surface area contributed by atoms with Crippen LogP contribution in [0.2, 0.25) is 0 Å². The van der Waals surface area contributed by atoms with Crippen LogP contribution in [0.1, 0.15) is 61.7 Å². The van der Waals surface area contributed by atoms with Gasteiger partial charge in [-0.2, -0.15) is 5.10 Å². The zero-order chi connectivity index (χ0) is 17.8. The average Bonchev–Trinajstić information content (AvgIpc) is 3.33. The van der Waals surface area contributed by atoms with Crippen molar-refractivity contribution in [2.24, 2.45) is 0 Å². The van der Waals surface area contributed by atoms with Crippen LogP contribution in [0.15, 0.2) is 36.7 Å². The minimum absolute atomic E-state index is 0.518. The van der Waals surface area contributed by atoms with Crippen molar-refractivity contribution in [2.45, 2.75) is 64.3 Å². The summed E-state index contributed by atoms with van der Waals surface area (Å²) in [6.07, 6.45) is 11.9. The topological polar surface area (TPSA) is 61.4 Å². The van der Waals surface area contributed by atoms with Gasteiger partial charge in [-0.1, -0.05) is 42.2 Å². The summed E-state index contributed by atoms with van der Waals surface area (Å²) in [6, 6.07) is 8.54. The molecule has 6 nitrogen and oxygen atoms in total. The number of hydrogen-bond donors (Lipinski definition) is 0. The van der Waals surface area contributed by atoms with Crippen LogP contribution in [0.5, 0.6) is 0 Å². The zero-order valence-corrected chi connectivity index (χ0v) is 15.4. The molecule has 1 saturated carbocycles. The number of nitrogens with zero attached hydrogens (tertiary/aromatic N) is 6. The number of rotatable bonds is 6. The Balaban J connectivity index is 1.56. The summed E-state index contributed by atoms with van der Waals surface area (Å²) in [5, 5.41) is 12.8. The quantitative estimate of drug-likeness (QED) is 0.677. The molecule has 26 heavy (non-hydrogen) atoms. The van der Waals surface area contributed by atoms with Gasteiger partial charge >= 0.3 is 0 Å². The van der Waals surface area contributed by atoms with Crippen molar-refractivity contribution in [1.29, 1.82) is 0 Å². The van der Waals surface area contributed by atoms with Gasteiger partial charge in [-0.15, -0.1) is 5.10 Å². The molecule has 3 aromatic rings. The Morgan fingerprint density at radius 1 is 1.08 bits per heavy atom. The Hall–Kier alpha value is -2.50. The van der Waals surface area contributed by atoms with Crippen molar-refractivity contribution >= 4 is 0 Å². The SMILES string of the molecule is Cc1ccc(-n2nc(C3CCCCC3)nc2CCCn2ccnn2)cc1. The highest BCUT2D eigenvalue weighted by Gasteiger charge is 2.22. The van der Waals surface area contributed by atoms with Crippen LogP contribution >= 0.6 is 0 Å². The van der Waals surface area contributed by atoms with Gasteiger partial charge in [0.05, 0.1) is 11.9 Å². The van der Waals surface area contributed by atoms with Crippen molar-refractivity contribution in [3.05, 3.63) is 53.9 Å². The molecule has 1 fully saturated rings. The molecule has 0 aliphatic heterocycles. The maximum Gasteiger partial charge on any atom is 0.154 e. The highest BCUT2D eigenvalue weighted by molar-refractivity contribution is 5.34. The summed E-state index contributed by atoms with van der Waals surface area (Å²) in [4.78, 5) is 4.96. The lowest BCUT2D eigenvalue weighted by Crippen LogP contribution is -2.07. The molecule has 0 bridgehead atoms. The fourth-order valence-corrected chi connectivity index (χ4v) is 3.70. The van der Waals surface area contributed by atoms with E-state index < -0.39 is 0 Å². The minimum atomic E-state index is 0.518. The summed E-state index contributed by atoms with van der Waals surface area (Å²) in [5.41, 5.74) is 2.36. The molecule has 0 unspecified atom stereocenters. The molecule has 0 atom stereocenters. The fourth-order valence-electron chi connectivity index (χ4n) is 3.70. The van der Waals surface area contributed by atoms with Gasteiger partial charge in [-0.05, 0) is 38.3 Å². The average molecular weight is 350 g/mol. The summed E-state index contributed by atoms with van der Waals surface area (Å²) in [5.74, 6) is 2.60. The first-order valence-electron chi connectivity index (χ1n) is 9.66. The third kappa shape index (κ3) is 3.84. The van der Waals surface area contributed by atoms with E-state index in [4.69, 9.17) is 10.1 Å². The van der Waals surface area contributed by atoms with E-state index in [1.807, 2.05) is 15.6 Å². The third-order valence-electron chi connectivity index (χ3n) is 5.20. The van der Waals surface area contributed by atoms with Crippen LogP contribution in [-0.2, 0) is 13.0 Å². The highest BCUT2D eigenvalue weighted by atomic mass is 15.4. The second kappa shape index (κ2) is 7.81. The van der Waals surface area contributed by atoms with E-state index in [2.05, 4.69) is 41.5 Å². The van der Waals surface area contributed by atoms with E-state index in [0.29, 0.717) is 5.92 Å². The maximum atomic E-state index is 4.96. The Morgan fingerprint density at radius 3 is 2.62 bits per heavy atom.